The van der Waals surface area contributed by atoms with E-state index in [-0.39, 0.29) is 17.9 Å². The van der Waals surface area contributed by atoms with Crippen molar-refractivity contribution in [3.05, 3.63) is 34.3 Å². The Bertz CT molecular complexity index is 488. The van der Waals surface area contributed by atoms with Crippen LogP contribution in [0.2, 0.25) is 0 Å². The lowest BCUT2D eigenvalue weighted by molar-refractivity contribution is -0.128. The topological polar surface area (TPSA) is 49.4 Å². The van der Waals surface area contributed by atoms with E-state index in [9.17, 15) is 9.59 Å². The number of nitrogens with zero attached hydrogens (tertiary/aromatic N) is 1. The Morgan fingerprint density at radius 2 is 2.11 bits per heavy atom. The van der Waals surface area contributed by atoms with Crippen LogP contribution < -0.4 is 5.32 Å². The van der Waals surface area contributed by atoms with Crippen molar-refractivity contribution in [1.82, 2.24) is 10.2 Å². The molecule has 1 atom stereocenters. The maximum absolute atomic E-state index is 12.1. The maximum Gasteiger partial charge on any atom is 0.325 e. The molecule has 3 amide bonds. The van der Waals surface area contributed by atoms with Gasteiger partial charge in [0.1, 0.15) is 6.04 Å². The van der Waals surface area contributed by atoms with Gasteiger partial charge in [-0.05, 0) is 23.6 Å². The molecule has 1 aromatic carbocycles. The van der Waals surface area contributed by atoms with Gasteiger partial charge < -0.3 is 5.32 Å². The van der Waals surface area contributed by atoms with E-state index in [0.29, 0.717) is 6.54 Å². The zero-order valence-corrected chi connectivity index (χ0v) is 11.9. The van der Waals surface area contributed by atoms with E-state index in [4.69, 9.17) is 0 Å². The first-order chi connectivity index (χ1) is 8.49. The van der Waals surface area contributed by atoms with Crippen LogP contribution in [0.4, 0.5) is 4.79 Å². The highest BCUT2D eigenvalue weighted by Gasteiger charge is 2.39. The Morgan fingerprint density at radius 1 is 1.39 bits per heavy atom. The lowest BCUT2D eigenvalue weighted by atomic mass is 10.0. The molecule has 1 aromatic rings. The molecule has 5 heteroatoms. The molecular weight excluding hydrogens is 296 g/mol. The van der Waals surface area contributed by atoms with Gasteiger partial charge in [0.25, 0.3) is 5.91 Å². The first kappa shape index (κ1) is 13.1. The number of benzene rings is 1. The van der Waals surface area contributed by atoms with Crippen molar-refractivity contribution in [3.63, 3.8) is 0 Å². The van der Waals surface area contributed by atoms with Crippen LogP contribution in [0, 0.1) is 5.92 Å². The van der Waals surface area contributed by atoms with Crippen LogP contribution >= 0.6 is 15.9 Å². The van der Waals surface area contributed by atoms with Gasteiger partial charge in [0.15, 0.2) is 0 Å². The summed E-state index contributed by atoms with van der Waals surface area (Å²) in [7, 11) is 0. The molecular formula is C13H15BrN2O2. The molecule has 0 spiro atoms. The Labute approximate surface area is 114 Å². The van der Waals surface area contributed by atoms with Crippen molar-refractivity contribution in [2.24, 2.45) is 5.92 Å². The molecule has 2 rings (SSSR count). The first-order valence-corrected chi connectivity index (χ1v) is 6.64. The number of hydrogen-bond acceptors (Lipinski definition) is 2. The second kappa shape index (κ2) is 5.10. The third-order valence-electron chi connectivity index (χ3n) is 2.95. The van der Waals surface area contributed by atoms with Gasteiger partial charge in [-0.1, -0.05) is 41.9 Å². The van der Waals surface area contributed by atoms with Gasteiger partial charge in [0, 0.05) is 4.47 Å². The third-order valence-corrected chi connectivity index (χ3v) is 3.45. The summed E-state index contributed by atoms with van der Waals surface area (Å²) in [6.45, 7) is 4.16. The van der Waals surface area contributed by atoms with Crippen LogP contribution in [0.1, 0.15) is 19.4 Å². The highest BCUT2D eigenvalue weighted by atomic mass is 79.9. The standard InChI is InChI=1S/C13H15BrN2O2/c1-8(2)11-12(17)16(13(18)15-11)7-9-4-3-5-10(14)6-9/h3-6,8,11H,7H2,1-2H3,(H,15,18). The van der Waals surface area contributed by atoms with Gasteiger partial charge in [-0.3, -0.25) is 9.69 Å². The smallest absolute Gasteiger partial charge is 0.325 e. The highest BCUT2D eigenvalue weighted by molar-refractivity contribution is 9.10. The summed E-state index contributed by atoms with van der Waals surface area (Å²) in [5.74, 6) is -0.0380. The lowest BCUT2D eigenvalue weighted by Gasteiger charge is -2.14. The molecule has 96 valence electrons. The van der Waals surface area contributed by atoms with E-state index in [0.717, 1.165) is 10.0 Å². The average Bonchev–Trinajstić information content (AvgIpc) is 2.57. The second-order valence-electron chi connectivity index (χ2n) is 4.73. The molecule has 1 unspecified atom stereocenters. The van der Waals surface area contributed by atoms with Crippen LogP contribution in [-0.2, 0) is 11.3 Å². The summed E-state index contributed by atoms with van der Waals surface area (Å²) in [6, 6.07) is 6.89. The van der Waals surface area contributed by atoms with Crippen LogP contribution in [0.5, 0.6) is 0 Å². The summed E-state index contributed by atoms with van der Waals surface area (Å²) in [6.07, 6.45) is 0. The van der Waals surface area contributed by atoms with Crippen LogP contribution in [0.15, 0.2) is 28.7 Å². The van der Waals surface area contributed by atoms with Crippen molar-refractivity contribution >= 4 is 27.9 Å². The van der Waals surface area contributed by atoms with Crippen LogP contribution in [0.25, 0.3) is 0 Å². The van der Waals surface area contributed by atoms with Gasteiger partial charge in [-0.2, -0.15) is 0 Å². The Hall–Kier alpha value is -1.36. The lowest BCUT2D eigenvalue weighted by Crippen LogP contribution is -2.34. The summed E-state index contributed by atoms with van der Waals surface area (Å²) in [5, 5.41) is 2.71. The molecule has 1 aliphatic rings. The van der Waals surface area contributed by atoms with Gasteiger partial charge in [-0.25, -0.2) is 4.79 Å². The number of amides is 3. The largest absolute Gasteiger partial charge is 0.326 e. The highest BCUT2D eigenvalue weighted by Crippen LogP contribution is 2.18. The van der Waals surface area contributed by atoms with E-state index < -0.39 is 6.04 Å². The minimum absolute atomic E-state index is 0.106. The molecule has 1 aliphatic heterocycles. The quantitative estimate of drug-likeness (QED) is 0.872. The molecule has 0 aliphatic carbocycles. The molecule has 0 bridgehead atoms. The van der Waals surface area contributed by atoms with Crippen molar-refractivity contribution < 1.29 is 9.59 Å². The minimum Gasteiger partial charge on any atom is -0.326 e. The predicted molar refractivity (Wildman–Crippen MR) is 71.8 cm³/mol. The number of halogens is 1. The molecule has 1 saturated heterocycles. The number of nitrogens with one attached hydrogen (secondary N) is 1. The van der Waals surface area contributed by atoms with Gasteiger partial charge >= 0.3 is 6.03 Å². The van der Waals surface area contributed by atoms with Crippen LogP contribution in [0.3, 0.4) is 0 Å². The number of carbonyl (C=O) groups is 2. The van der Waals surface area contributed by atoms with Gasteiger partial charge in [-0.15, -0.1) is 0 Å². The van der Waals surface area contributed by atoms with Crippen molar-refractivity contribution in [1.29, 1.82) is 0 Å². The normalized spacial score (nSPS) is 19.6. The fraction of sp³-hybridized carbons (Fsp3) is 0.385. The van der Waals surface area contributed by atoms with E-state index in [1.54, 1.807) is 0 Å². The predicted octanol–water partition coefficient (Wildman–Crippen LogP) is 2.53. The molecule has 1 N–H and O–H groups in total. The number of hydrogen-bond donors (Lipinski definition) is 1. The van der Waals surface area contributed by atoms with E-state index >= 15 is 0 Å². The average molecular weight is 311 g/mol. The molecule has 18 heavy (non-hydrogen) atoms. The second-order valence-corrected chi connectivity index (χ2v) is 5.64. The minimum atomic E-state index is -0.398. The molecule has 1 fully saturated rings. The molecule has 4 nitrogen and oxygen atoms in total. The number of rotatable bonds is 3. The summed E-state index contributed by atoms with van der Waals surface area (Å²) >= 11 is 3.37. The summed E-state index contributed by atoms with van der Waals surface area (Å²) in [4.78, 5) is 25.1. The molecule has 1 heterocycles. The van der Waals surface area contributed by atoms with Gasteiger partial charge in [0.05, 0.1) is 6.54 Å². The van der Waals surface area contributed by atoms with Crippen molar-refractivity contribution in [2.45, 2.75) is 26.4 Å². The summed E-state index contributed by atoms with van der Waals surface area (Å²) < 4.78 is 0.937. The maximum atomic E-state index is 12.1. The van der Waals surface area contributed by atoms with E-state index in [1.165, 1.54) is 4.90 Å². The first-order valence-electron chi connectivity index (χ1n) is 5.85. The van der Waals surface area contributed by atoms with Gasteiger partial charge in [0.2, 0.25) is 0 Å². The van der Waals surface area contributed by atoms with Crippen LogP contribution in [-0.4, -0.2) is 22.9 Å². The molecule has 0 aromatic heterocycles. The molecule has 0 radical (unpaired) electrons. The number of imide groups is 1. The Kier molecular flexibility index (Phi) is 3.71. The number of urea groups is 1. The fourth-order valence-corrected chi connectivity index (χ4v) is 2.41. The fourth-order valence-electron chi connectivity index (χ4n) is 1.96. The SMILES string of the molecule is CC(C)C1NC(=O)N(Cc2cccc(Br)c2)C1=O. The van der Waals surface area contributed by atoms with E-state index in [1.807, 2.05) is 38.1 Å². The summed E-state index contributed by atoms with van der Waals surface area (Å²) in [5.41, 5.74) is 0.928. The Morgan fingerprint density at radius 3 is 2.67 bits per heavy atom. The van der Waals surface area contributed by atoms with E-state index in [2.05, 4.69) is 21.2 Å². The number of carbonyl (C=O) groups excluding carboxylic acids is 2. The monoisotopic (exact) mass is 310 g/mol. The third kappa shape index (κ3) is 2.56. The zero-order valence-electron chi connectivity index (χ0n) is 10.3. The van der Waals surface area contributed by atoms with Crippen molar-refractivity contribution in [3.8, 4) is 0 Å². The Balaban J connectivity index is 2.15. The molecule has 0 saturated carbocycles. The zero-order chi connectivity index (χ0) is 13.3. The van der Waals surface area contributed by atoms with Crippen molar-refractivity contribution in [2.75, 3.05) is 0 Å².